The largest absolute Gasteiger partial charge is 0.491 e. The van der Waals surface area contributed by atoms with Gasteiger partial charge >= 0.3 is 6.01 Å². The highest BCUT2D eigenvalue weighted by Gasteiger charge is 2.16. The summed E-state index contributed by atoms with van der Waals surface area (Å²) in [5.41, 5.74) is 1.26. The first-order valence-corrected chi connectivity index (χ1v) is 9.38. The van der Waals surface area contributed by atoms with Crippen LogP contribution in [0.4, 0.5) is 8.78 Å². The summed E-state index contributed by atoms with van der Waals surface area (Å²) >= 11 is 6.31. The highest BCUT2D eigenvalue weighted by atomic mass is 35.5. The van der Waals surface area contributed by atoms with Gasteiger partial charge in [0.05, 0.1) is 17.0 Å². The Balaban J connectivity index is 1.62. The quantitative estimate of drug-likeness (QED) is 0.396. The molecule has 0 aliphatic rings. The molecular weight excluding hydrogens is 434 g/mol. The minimum atomic E-state index is -1.01. The number of nitrogens with zero attached hydrogens (tertiary/aromatic N) is 3. The SMILES string of the molecule is OC[C@H](O)COc1ccc(Cl)c(-c2n[nH]c3nc(Oc4ccc(F)cc4F)ncc23)c1. The van der Waals surface area contributed by atoms with Gasteiger partial charge in [0.15, 0.2) is 17.2 Å². The van der Waals surface area contributed by atoms with Crippen molar-refractivity contribution in [2.75, 3.05) is 13.2 Å². The first kappa shape index (κ1) is 20.9. The van der Waals surface area contributed by atoms with Gasteiger partial charge in [0.25, 0.3) is 0 Å². The maximum atomic E-state index is 13.8. The van der Waals surface area contributed by atoms with Crippen molar-refractivity contribution in [1.82, 2.24) is 20.2 Å². The van der Waals surface area contributed by atoms with E-state index in [9.17, 15) is 13.9 Å². The highest BCUT2D eigenvalue weighted by Crippen LogP contribution is 2.34. The van der Waals surface area contributed by atoms with Crippen molar-refractivity contribution in [2.24, 2.45) is 0 Å². The number of nitrogens with one attached hydrogen (secondary N) is 1. The summed E-state index contributed by atoms with van der Waals surface area (Å²) in [7, 11) is 0. The number of fused-ring (bicyclic) bond motifs is 1. The lowest BCUT2D eigenvalue weighted by molar-refractivity contribution is 0.0536. The molecule has 2 heterocycles. The molecule has 0 aliphatic heterocycles. The molecular formula is C20H15ClF2N4O4. The van der Waals surface area contributed by atoms with Gasteiger partial charge in [0.1, 0.15) is 30.0 Å². The lowest BCUT2D eigenvalue weighted by Gasteiger charge is -2.11. The van der Waals surface area contributed by atoms with Crippen LogP contribution in [0.5, 0.6) is 17.5 Å². The minimum Gasteiger partial charge on any atom is -0.491 e. The van der Waals surface area contributed by atoms with E-state index in [0.29, 0.717) is 39.1 Å². The molecule has 0 saturated heterocycles. The Morgan fingerprint density at radius 3 is 2.77 bits per heavy atom. The third-order valence-electron chi connectivity index (χ3n) is 4.24. The summed E-state index contributed by atoms with van der Waals surface area (Å²) in [5, 5.41) is 26.2. The molecule has 31 heavy (non-hydrogen) atoms. The molecule has 0 fully saturated rings. The fraction of sp³-hybridized carbons (Fsp3) is 0.150. The Morgan fingerprint density at radius 1 is 1.16 bits per heavy atom. The van der Waals surface area contributed by atoms with Gasteiger partial charge < -0.3 is 19.7 Å². The molecule has 160 valence electrons. The van der Waals surface area contributed by atoms with Crippen LogP contribution in [0.2, 0.25) is 5.02 Å². The zero-order chi connectivity index (χ0) is 22.0. The number of rotatable bonds is 7. The van der Waals surface area contributed by atoms with Crippen LogP contribution >= 0.6 is 11.6 Å². The average molecular weight is 449 g/mol. The number of halogens is 3. The third kappa shape index (κ3) is 4.55. The molecule has 8 nitrogen and oxygen atoms in total. The maximum absolute atomic E-state index is 13.8. The van der Waals surface area contributed by atoms with E-state index in [1.165, 1.54) is 6.20 Å². The van der Waals surface area contributed by atoms with Gasteiger partial charge in [-0.1, -0.05) is 11.6 Å². The summed E-state index contributed by atoms with van der Waals surface area (Å²) < 4.78 is 37.6. The summed E-state index contributed by atoms with van der Waals surface area (Å²) in [6, 6.07) is 7.57. The van der Waals surface area contributed by atoms with Crippen molar-refractivity contribution >= 4 is 22.6 Å². The number of ether oxygens (including phenoxy) is 2. The molecule has 0 amide bonds. The smallest absolute Gasteiger partial charge is 0.324 e. The molecule has 4 aromatic rings. The second kappa shape index (κ2) is 8.80. The lowest BCUT2D eigenvalue weighted by atomic mass is 10.1. The van der Waals surface area contributed by atoms with Gasteiger partial charge in [-0.05, 0) is 30.3 Å². The van der Waals surface area contributed by atoms with Crippen LogP contribution in [0.25, 0.3) is 22.3 Å². The van der Waals surface area contributed by atoms with Gasteiger partial charge in [-0.2, -0.15) is 10.1 Å². The summed E-state index contributed by atoms with van der Waals surface area (Å²) in [4.78, 5) is 8.21. The predicted octanol–water partition coefficient (Wildman–Crippen LogP) is 3.48. The highest BCUT2D eigenvalue weighted by molar-refractivity contribution is 6.33. The number of hydrogen-bond donors (Lipinski definition) is 3. The average Bonchev–Trinajstić information content (AvgIpc) is 3.18. The van der Waals surface area contributed by atoms with Crippen LogP contribution in [-0.2, 0) is 0 Å². The molecule has 0 bridgehead atoms. The van der Waals surface area contributed by atoms with Crippen molar-refractivity contribution in [3.05, 3.63) is 59.3 Å². The lowest BCUT2D eigenvalue weighted by Crippen LogP contribution is -2.21. The molecule has 2 aromatic heterocycles. The zero-order valence-electron chi connectivity index (χ0n) is 15.7. The van der Waals surface area contributed by atoms with Gasteiger partial charge in [0.2, 0.25) is 0 Å². The molecule has 0 saturated carbocycles. The molecule has 4 rings (SSSR count). The second-order valence-electron chi connectivity index (χ2n) is 6.45. The number of aliphatic hydroxyl groups excluding tert-OH is 2. The predicted molar refractivity (Wildman–Crippen MR) is 107 cm³/mol. The fourth-order valence-corrected chi connectivity index (χ4v) is 2.93. The second-order valence-corrected chi connectivity index (χ2v) is 6.86. The first-order valence-electron chi connectivity index (χ1n) is 9.00. The molecule has 1 atom stereocenters. The molecule has 0 radical (unpaired) electrons. The van der Waals surface area contributed by atoms with Crippen LogP contribution in [0, 0.1) is 11.6 Å². The number of hydrogen-bond acceptors (Lipinski definition) is 7. The number of aromatic nitrogens is 4. The van der Waals surface area contributed by atoms with Crippen LogP contribution in [0.3, 0.4) is 0 Å². The van der Waals surface area contributed by atoms with E-state index in [4.69, 9.17) is 26.2 Å². The van der Waals surface area contributed by atoms with Crippen molar-refractivity contribution < 1.29 is 28.5 Å². The van der Waals surface area contributed by atoms with Gasteiger partial charge in [-0.15, -0.1) is 0 Å². The van der Waals surface area contributed by atoms with E-state index < -0.39 is 24.3 Å². The molecule has 3 N–H and O–H groups in total. The van der Waals surface area contributed by atoms with Gasteiger partial charge in [0, 0.05) is 17.8 Å². The molecule has 0 unspecified atom stereocenters. The van der Waals surface area contributed by atoms with Crippen molar-refractivity contribution in [3.8, 4) is 28.8 Å². The molecule has 2 aromatic carbocycles. The number of aromatic amines is 1. The normalized spacial score (nSPS) is 12.2. The fourth-order valence-electron chi connectivity index (χ4n) is 2.72. The Hall–Kier alpha value is -3.34. The molecule has 0 spiro atoms. The van der Waals surface area contributed by atoms with Crippen LogP contribution in [-0.4, -0.2) is 49.7 Å². The Kier molecular flexibility index (Phi) is 5.94. The van der Waals surface area contributed by atoms with E-state index in [1.54, 1.807) is 18.2 Å². The minimum absolute atomic E-state index is 0.0946. The summed E-state index contributed by atoms with van der Waals surface area (Å²) in [5.74, 6) is -1.42. The Labute approximate surface area is 179 Å². The van der Waals surface area contributed by atoms with E-state index in [2.05, 4.69) is 20.2 Å². The number of aliphatic hydroxyl groups is 2. The Morgan fingerprint density at radius 2 is 2.00 bits per heavy atom. The monoisotopic (exact) mass is 448 g/mol. The summed E-state index contributed by atoms with van der Waals surface area (Å²) in [6.07, 6.45) is 0.417. The van der Waals surface area contributed by atoms with E-state index in [0.717, 1.165) is 12.1 Å². The number of H-pyrrole nitrogens is 1. The maximum Gasteiger partial charge on any atom is 0.324 e. The van der Waals surface area contributed by atoms with Gasteiger partial charge in [-0.3, -0.25) is 5.10 Å². The van der Waals surface area contributed by atoms with E-state index in [-0.39, 0.29) is 18.4 Å². The Bertz CT molecular complexity index is 1240. The van der Waals surface area contributed by atoms with Crippen molar-refractivity contribution in [1.29, 1.82) is 0 Å². The van der Waals surface area contributed by atoms with E-state index >= 15 is 0 Å². The first-order chi connectivity index (χ1) is 14.9. The van der Waals surface area contributed by atoms with Crippen LogP contribution in [0.1, 0.15) is 0 Å². The number of benzene rings is 2. The van der Waals surface area contributed by atoms with Crippen LogP contribution < -0.4 is 9.47 Å². The standard InChI is InChI=1S/C20H15ClF2N4O4/c21-15-3-2-12(30-9-11(29)8-28)6-13(15)18-14-7-24-20(25-19(14)27-26-18)31-17-4-1-10(22)5-16(17)23/h1-7,11,28-29H,8-9H2,(H,24,25,26,27)/t11-/m0/s1. The third-order valence-corrected chi connectivity index (χ3v) is 4.57. The van der Waals surface area contributed by atoms with Crippen molar-refractivity contribution in [2.45, 2.75) is 6.10 Å². The molecule has 0 aliphatic carbocycles. The van der Waals surface area contributed by atoms with Gasteiger partial charge in [-0.25, -0.2) is 13.8 Å². The molecule has 11 heteroatoms. The topological polar surface area (TPSA) is 113 Å². The van der Waals surface area contributed by atoms with E-state index in [1.807, 2.05) is 0 Å². The summed E-state index contributed by atoms with van der Waals surface area (Å²) in [6.45, 7) is -0.517. The van der Waals surface area contributed by atoms with Crippen molar-refractivity contribution in [3.63, 3.8) is 0 Å². The zero-order valence-corrected chi connectivity index (χ0v) is 16.5. The van der Waals surface area contributed by atoms with Crippen LogP contribution in [0.15, 0.2) is 42.6 Å².